The molecular formula is C41H25N3O. The molecule has 2 aromatic heterocycles. The predicted octanol–water partition coefficient (Wildman–Crippen LogP) is 10.7. The van der Waals surface area contributed by atoms with Crippen LogP contribution in [0.4, 0.5) is 0 Å². The first kappa shape index (κ1) is 14.6. The fourth-order valence-electron chi connectivity index (χ4n) is 5.32. The van der Waals surface area contributed by atoms with E-state index in [1.165, 1.54) is 18.2 Å². The molecule has 210 valence electrons. The van der Waals surface area contributed by atoms with Gasteiger partial charge in [0.1, 0.15) is 11.2 Å². The van der Waals surface area contributed by atoms with E-state index in [1.54, 1.807) is 42.5 Å². The standard InChI is InChI=1S/C41H25N3O/c1-2-10-27(11-3-1)39-42-40(44-41(43-39)35-14-8-16-37-38(35)34-13-6-7-15-36(34)45-37)33-22-21-31-24-30(19-20-32(31)25-33)29-18-17-26-9-4-5-12-28(26)23-29/h1-25H/i1D,2D,3D,4D,5D,6D,9D,10D,11D,12D,14D,15D,17D,18D,23D. The van der Waals surface area contributed by atoms with Gasteiger partial charge in [0.15, 0.2) is 17.5 Å². The van der Waals surface area contributed by atoms with Crippen LogP contribution in [0.3, 0.4) is 0 Å². The van der Waals surface area contributed by atoms with E-state index in [1.807, 2.05) is 0 Å². The number of rotatable bonds is 4. The first-order valence-corrected chi connectivity index (χ1v) is 13.8. The number of para-hydroxylation sites is 1. The van der Waals surface area contributed by atoms with Crippen LogP contribution in [0.5, 0.6) is 0 Å². The minimum atomic E-state index is -0.611. The summed E-state index contributed by atoms with van der Waals surface area (Å²) < 4.78 is 133. The molecule has 0 aliphatic rings. The molecule has 0 fully saturated rings. The summed E-state index contributed by atoms with van der Waals surface area (Å²) in [5, 5.41) is 1.54. The molecule has 4 heteroatoms. The third-order valence-electron chi connectivity index (χ3n) is 7.42. The summed E-state index contributed by atoms with van der Waals surface area (Å²) in [5.74, 6) is -0.381. The van der Waals surface area contributed by atoms with E-state index >= 15 is 0 Å². The second-order valence-corrected chi connectivity index (χ2v) is 10.1. The van der Waals surface area contributed by atoms with Crippen molar-refractivity contribution >= 4 is 43.5 Å². The van der Waals surface area contributed by atoms with E-state index in [2.05, 4.69) is 9.97 Å². The van der Waals surface area contributed by atoms with Gasteiger partial charge in [-0.1, -0.05) is 121 Å². The predicted molar refractivity (Wildman–Crippen MR) is 184 cm³/mol. The molecule has 0 saturated heterocycles. The van der Waals surface area contributed by atoms with Crippen LogP contribution in [-0.4, -0.2) is 15.0 Å². The van der Waals surface area contributed by atoms with Crippen LogP contribution in [0, 0.1) is 0 Å². The van der Waals surface area contributed by atoms with Crippen molar-refractivity contribution in [3.8, 4) is 45.3 Å². The molecule has 0 radical (unpaired) electrons. The highest BCUT2D eigenvalue weighted by Crippen LogP contribution is 2.37. The van der Waals surface area contributed by atoms with E-state index in [0.29, 0.717) is 32.7 Å². The lowest BCUT2D eigenvalue weighted by atomic mass is 9.98. The van der Waals surface area contributed by atoms with E-state index in [-0.39, 0.29) is 86.3 Å². The lowest BCUT2D eigenvalue weighted by molar-refractivity contribution is 0.669. The van der Waals surface area contributed by atoms with Gasteiger partial charge in [0.05, 0.1) is 20.6 Å². The Morgan fingerprint density at radius 3 is 2.07 bits per heavy atom. The van der Waals surface area contributed by atoms with E-state index in [4.69, 9.17) is 30.0 Å². The van der Waals surface area contributed by atoms with Crippen molar-refractivity contribution in [2.75, 3.05) is 0 Å². The average molecular weight is 591 g/mol. The molecule has 4 nitrogen and oxygen atoms in total. The summed E-state index contributed by atoms with van der Waals surface area (Å²) in [5.41, 5.74) is 1.03. The molecule has 2 heterocycles. The lowest BCUT2D eigenvalue weighted by Crippen LogP contribution is -2.00. The van der Waals surface area contributed by atoms with Crippen molar-refractivity contribution in [3.05, 3.63) is 151 Å². The summed E-state index contributed by atoms with van der Waals surface area (Å²) in [7, 11) is 0. The van der Waals surface area contributed by atoms with Gasteiger partial charge in [-0.25, -0.2) is 15.0 Å². The Hall–Kier alpha value is -6.13. The smallest absolute Gasteiger partial charge is 0.164 e. The normalized spacial score (nSPS) is 16.2. The maximum absolute atomic E-state index is 9.00. The molecular weight excluding hydrogens is 550 g/mol. The van der Waals surface area contributed by atoms with E-state index in [0.717, 1.165) is 0 Å². The van der Waals surface area contributed by atoms with Gasteiger partial charge in [0, 0.05) is 27.5 Å². The Morgan fingerprint density at radius 1 is 0.467 bits per heavy atom. The van der Waals surface area contributed by atoms with Crippen molar-refractivity contribution < 1.29 is 25.0 Å². The van der Waals surface area contributed by atoms with Crippen molar-refractivity contribution in [1.29, 1.82) is 0 Å². The second-order valence-electron chi connectivity index (χ2n) is 10.1. The minimum absolute atomic E-state index is 0.00347. The topological polar surface area (TPSA) is 51.8 Å². The molecule has 9 rings (SSSR count). The third kappa shape index (κ3) is 4.43. The van der Waals surface area contributed by atoms with Crippen molar-refractivity contribution in [2.24, 2.45) is 0 Å². The molecule has 45 heavy (non-hydrogen) atoms. The zero-order chi connectivity index (χ0) is 42.8. The lowest BCUT2D eigenvalue weighted by Gasteiger charge is -2.10. The molecule has 0 amide bonds. The Bertz CT molecular complexity index is 3380. The summed E-state index contributed by atoms with van der Waals surface area (Å²) in [6.07, 6.45) is 0. The maximum atomic E-state index is 9.00. The Labute approximate surface area is 280 Å². The number of benzene rings is 7. The Morgan fingerprint density at radius 2 is 1.20 bits per heavy atom. The van der Waals surface area contributed by atoms with Crippen molar-refractivity contribution in [3.63, 3.8) is 0 Å². The van der Waals surface area contributed by atoms with Crippen molar-refractivity contribution in [2.45, 2.75) is 0 Å². The van der Waals surface area contributed by atoms with Gasteiger partial charge in [0.2, 0.25) is 0 Å². The van der Waals surface area contributed by atoms with Crippen LogP contribution in [0.1, 0.15) is 20.6 Å². The zero-order valence-corrected chi connectivity index (χ0v) is 23.0. The summed E-state index contributed by atoms with van der Waals surface area (Å²) in [6.45, 7) is 0. The Kier molecular flexibility index (Phi) is 3.32. The van der Waals surface area contributed by atoms with Crippen LogP contribution in [0.15, 0.2) is 156 Å². The SMILES string of the molecule is [2H]c1cc([2H])c2oc3ccc([2H])c(-c4nc(-c5ccc6cc(-c7c([2H])c([2H])c8c([2H])c([2H])c([2H])c([2H])c8c7[2H])ccc6c5)nc(-c5c([2H])c([2H])c([2H])c([2H])c5[2H])n4)c3c2c1. The van der Waals surface area contributed by atoms with Gasteiger partial charge < -0.3 is 4.42 Å². The monoisotopic (exact) mass is 590 g/mol. The van der Waals surface area contributed by atoms with Gasteiger partial charge in [-0.3, -0.25) is 0 Å². The number of nitrogens with zero attached hydrogens (tertiary/aromatic N) is 3. The largest absolute Gasteiger partial charge is 0.456 e. The van der Waals surface area contributed by atoms with Gasteiger partial charge in [-0.05, 0) is 63.0 Å². The molecule has 0 unspecified atom stereocenters. The van der Waals surface area contributed by atoms with Crippen LogP contribution in [0.25, 0.3) is 88.8 Å². The van der Waals surface area contributed by atoms with Crippen LogP contribution in [-0.2, 0) is 0 Å². The number of hydrogen-bond donors (Lipinski definition) is 0. The molecule has 0 spiro atoms. The first-order valence-electron chi connectivity index (χ1n) is 21.3. The van der Waals surface area contributed by atoms with Crippen LogP contribution in [0.2, 0.25) is 0 Å². The fourth-order valence-corrected chi connectivity index (χ4v) is 5.32. The number of fused-ring (bicyclic) bond motifs is 5. The van der Waals surface area contributed by atoms with Crippen LogP contribution < -0.4 is 0 Å². The zero-order valence-electron chi connectivity index (χ0n) is 38.0. The molecule has 0 bridgehead atoms. The summed E-state index contributed by atoms with van der Waals surface area (Å²) >= 11 is 0. The van der Waals surface area contributed by atoms with Gasteiger partial charge >= 0.3 is 0 Å². The second kappa shape index (κ2) is 10.2. The summed E-state index contributed by atoms with van der Waals surface area (Å²) in [6, 6.07) is 9.62. The summed E-state index contributed by atoms with van der Waals surface area (Å²) in [4.78, 5) is 14.0. The number of aromatic nitrogens is 3. The molecule has 0 aliphatic heterocycles. The minimum Gasteiger partial charge on any atom is -0.456 e. The van der Waals surface area contributed by atoms with Gasteiger partial charge in [-0.2, -0.15) is 0 Å². The molecule has 9 aromatic rings. The fraction of sp³-hybridized carbons (Fsp3) is 0. The third-order valence-corrected chi connectivity index (χ3v) is 7.42. The first-order chi connectivity index (χ1) is 28.5. The maximum Gasteiger partial charge on any atom is 0.164 e. The van der Waals surface area contributed by atoms with Gasteiger partial charge in [-0.15, -0.1) is 0 Å². The highest BCUT2D eigenvalue weighted by Gasteiger charge is 2.17. The molecule has 0 atom stereocenters. The number of hydrogen-bond acceptors (Lipinski definition) is 4. The quantitative estimate of drug-likeness (QED) is 0.205. The number of furan rings is 1. The Balaban J connectivity index is 1.27. The highest BCUT2D eigenvalue weighted by molar-refractivity contribution is 6.11. The average Bonchev–Trinajstić information content (AvgIpc) is 3.60. The molecule has 7 aromatic carbocycles. The highest BCUT2D eigenvalue weighted by atomic mass is 16.3. The van der Waals surface area contributed by atoms with E-state index < -0.39 is 60.4 Å². The molecule has 0 N–H and O–H groups in total. The van der Waals surface area contributed by atoms with Crippen molar-refractivity contribution in [1.82, 2.24) is 15.0 Å². The van der Waals surface area contributed by atoms with E-state index in [9.17, 15) is 0 Å². The van der Waals surface area contributed by atoms with Gasteiger partial charge in [0.25, 0.3) is 0 Å². The molecule has 0 saturated carbocycles. The molecule has 0 aliphatic carbocycles. The van der Waals surface area contributed by atoms with Crippen LogP contribution >= 0.6 is 0 Å².